The van der Waals surface area contributed by atoms with Gasteiger partial charge in [0.15, 0.2) is 0 Å². The van der Waals surface area contributed by atoms with Crippen molar-refractivity contribution in [3.63, 3.8) is 0 Å². The molecular weight excluding hydrogens is 292 g/mol. The van der Waals surface area contributed by atoms with Crippen LogP contribution in [0.2, 0.25) is 0 Å². The quantitative estimate of drug-likeness (QED) is 0.838. The first-order chi connectivity index (χ1) is 11.2. The summed E-state index contributed by atoms with van der Waals surface area (Å²) in [6.45, 7) is 3.73. The Balaban J connectivity index is 1.58. The van der Waals surface area contributed by atoms with E-state index in [1.54, 1.807) is 0 Å². The van der Waals surface area contributed by atoms with Gasteiger partial charge in [0.25, 0.3) is 0 Å². The van der Waals surface area contributed by atoms with E-state index < -0.39 is 0 Å². The molecule has 1 aliphatic rings. The van der Waals surface area contributed by atoms with Crippen molar-refractivity contribution in [1.82, 2.24) is 10.2 Å². The van der Waals surface area contributed by atoms with Gasteiger partial charge < -0.3 is 15.0 Å². The van der Waals surface area contributed by atoms with E-state index in [0.29, 0.717) is 25.6 Å². The monoisotopic (exact) mass is 318 g/mol. The molecule has 1 fully saturated rings. The summed E-state index contributed by atoms with van der Waals surface area (Å²) in [6, 6.07) is 10.0. The van der Waals surface area contributed by atoms with Crippen LogP contribution in [-0.4, -0.2) is 42.5 Å². The molecule has 2 rings (SSSR count). The van der Waals surface area contributed by atoms with Crippen LogP contribution < -0.4 is 5.32 Å². The molecular formula is C18H26N2O3. The maximum absolute atomic E-state index is 12.1. The molecule has 1 N–H and O–H groups in total. The van der Waals surface area contributed by atoms with Crippen molar-refractivity contribution in [3.8, 4) is 0 Å². The molecule has 0 bridgehead atoms. The number of ether oxygens (including phenoxy) is 1. The number of likely N-dealkylation sites (tertiary alicyclic amines) is 1. The van der Waals surface area contributed by atoms with Crippen LogP contribution in [0.15, 0.2) is 30.3 Å². The highest BCUT2D eigenvalue weighted by Gasteiger charge is 2.22. The number of amides is 2. The molecule has 0 unspecified atom stereocenters. The Labute approximate surface area is 138 Å². The third-order valence-corrected chi connectivity index (χ3v) is 4.13. The number of nitrogens with zero attached hydrogens (tertiary/aromatic N) is 1. The number of hydrogen-bond donors (Lipinski definition) is 1. The van der Waals surface area contributed by atoms with Gasteiger partial charge >= 0.3 is 0 Å². The van der Waals surface area contributed by atoms with Crippen molar-refractivity contribution in [3.05, 3.63) is 35.9 Å². The van der Waals surface area contributed by atoms with Crippen LogP contribution in [-0.2, 0) is 20.9 Å². The number of carbonyl (C=O) groups excluding carboxylic acids is 2. The highest BCUT2D eigenvalue weighted by molar-refractivity contribution is 5.79. The minimum Gasteiger partial charge on any atom is -0.367 e. The molecule has 1 aliphatic heterocycles. The smallest absolute Gasteiger partial charge is 0.246 e. The Hall–Kier alpha value is -1.88. The Morgan fingerprint density at radius 2 is 2.04 bits per heavy atom. The van der Waals surface area contributed by atoms with Crippen molar-refractivity contribution in [2.45, 2.75) is 45.3 Å². The average Bonchev–Trinajstić information content (AvgIpc) is 2.56. The molecule has 1 atom stereocenters. The first-order valence-corrected chi connectivity index (χ1v) is 8.34. The molecule has 0 spiro atoms. The molecule has 5 heteroatoms. The van der Waals surface area contributed by atoms with E-state index >= 15 is 0 Å². The molecule has 1 saturated heterocycles. The SMILES string of the molecule is C[C@@H]1CCCCN1C(=O)CCNC(=O)COCc1ccccc1. The largest absolute Gasteiger partial charge is 0.367 e. The third-order valence-electron chi connectivity index (χ3n) is 4.13. The van der Waals surface area contributed by atoms with Crippen LogP contribution in [0.3, 0.4) is 0 Å². The molecule has 126 valence electrons. The zero-order valence-electron chi connectivity index (χ0n) is 13.8. The summed E-state index contributed by atoms with van der Waals surface area (Å²) >= 11 is 0. The minimum absolute atomic E-state index is 0.0171. The van der Waals surface area contributed by atoms with Crippen LogP contribution in [0.1, 0.15) is 38.2 Å². The Bertz CT molecular complexity index is 504. The van der Waals surface area contributed by atoms with E-state index in [-0.39, 0.29) is 18.4 Å². The first-order valence-electron chi connectivity index (χ1n) is 8.34. The molecule has 0 saturated carbocycles. The molecule has 1 aromatic carbocycles. The molecule has 1 heterocycles. The lowest BCUT2D eigenvalue weighted by molar-refractivity contribution is -0.134. The number of nitrogens with one attached hydrogen (secondary N) is 1. The minimum atomic E-state index is -0.180. The second kappa shape index (κ2) is 9.30. The highest BCUT2D eigenvalue weighted by Crippen LogP contribution is 2.16. The predicted molar refractivity (Wildman–Crippen MR) is 88.8 cm³/mol. The van der Waals surface area contributed by atoms with Gasteiger partial charge in [0.2, 0.25) is 11.8 Å². The van der Waals surface area contributed by atoms with Gasteiger partial charge in [-0.15, -0.1) is 0 Å². The summed E-state index contributed by atoms with van der Waals surface area (Å²) in [5, 5.41) is 2.74. The van der Waals surface area contributed by atoms with E-state index in [9.17, 15) is 9.59 Å². The van der Waals surface area contributed by atoms with E-state index in [4.69, 9.17) is 4.74 Å². The van der Waals surface area contributed by atoms with Crippen molar-refractivity contribution in [1.29, 1.82) is 0 Å². The lowest BCUT2D eigenvalue weighted by Crippen LogP contribution is -2.43. The van der Waals surface area contributed by atoms with Crippen LogP contribution >= 0.6 is 0 Å². The van der Waals surface area contributed by atoms with E-state index in [1.165, 1.54) is 6.42 Å². The van der Waals surface area contributed by atoms with Crippen LogP contribution in [0, 0.1) is 0 Å². The normalized spacial score (nSPS) is 17.8. The fourth-order valence-corrected chi connectivity index (χ4v) is 2.81. The van der Waals surface area contributed by atoms with Crippen LogP contribution in [0.5, 0.6) is 0 Å². The molecule has 5 nitrogen and oxygen atoms in total. The van der Waals surface area contributed by atoms with Crippen LogP contribution in [0.4, 0.5) is 0 Å². The van der Waals surface area contributed by atoms with Crippen molar-refractivity contribution < 1.29 is 14.3 Å². The van der Waals surface area contributed by atoms with Gasteiger partial charge in [-0.05, 0) is 31.7 Å². The predicted octanol–water partition coefficient (Wildman–Crippen LogP) is 2.11. The zero-order valence-corrected chi connectivity index (χ0v) is 13.8. The maximum Gasteiger partial charge on any atom is 0.246 e. The number of piperidine rings is 1. The Morgan fingerprint density at radius 3 is 2.78 bits per heavy atom. The fraction of sp³-hybridized carbons (Fsp3) is 0.556. The lowest BCUT2D eigenvalue weighted by atomic mass is 10.0. The van der Waals surface area contributed by atoms with Gasteiger partial charge in [0.1, 0.15) is 6.61 Å². The summed E-state index contributed by atoms with van der Waals surface area (Å²) in [7, 11) is 0. The lowest BCUT2D eigenvalue weighted by Gasteiger charge is -2.33. The molecule has 23 heavy (non-hydrogen) atoms. The number of benzene rings is 1. The van der Waals surface area contributed by atoms with Crippen molar-refractivity contribution in [2.75, 3.05) is 19.7 Å². The van der Waals surface area contributed by atoms with E-state index in [0.717, 1.165) is 24.9 Å². The maximum atomic E-state index is 12.1. The topological polar surface area (TPSA) is 58.6 Å². The number of carbonyl (C=O) groups is 2. The van der Waals surface area contributed by atoms with Gasteiger partial charge in [-0.25, -0.2) is 0 Å². The fourth-order valence-electron chi connectivity index (χ4n) is 2.81. The second-order valence-electron chi connectivity index (χ2n) is 6.01. The standard InChI is InChI=1S/C18H26N2O3/c1-15-7-5-6-12-20(15)18(22)10-11-19-17(21)14-23-13-16-8-3-2-4-9-16/h2-4,8-9,15H,5-7,10-14H2,1H3,(H,19,21)/t15-/m1/s1. The Morgan fingerprint density at radius 1 is 1.26 bits per heavy atom. The highest BCUT2D eigenvalue weighted by atomic mass is 16.5. The zero-order chi connectivity index (χ0) is 16.5. The van der Waals surface area contributed by atoms with Crippen molar-refractivity contribution in [2.24, 2.45) is 0 Å². The summed E-state index contributed by atoms with van der Waals surface area (Å²) < 4.78 is 5.37. The number of hydrogen-bond acceptors (Lipinski definition) is 3. The molecule has 1 aromatic rings. The summed E-state index contributed by atoms with van der Waals surface area (Å²) in [6.07, 6.45) is 3.70. The number of rotatable bonds is 7. The van der Waals surface area contributed by atoms with Crippen molar-refractivity contribution >= 4 is 11.8 Å². The van der Waals surface area contributed by atoms with E-state index in [2.05, 4.69) is 12.2 Å². The summed E-state index contributed by atoms with van der Waals surface area (Å²) in [5.74, 6) is -0.0527. The summed E-state index contributed by atoms with van der Waals surface area (Å²) in [4.78, 5) is 25.8. The molecule has 0 aliphatic carbocycles. The molecule has 0 radical (unpaired) electrons. The van der Waals surface area contributed by atoms with Gasteiger partial charge in [0.05, 0.1) is 6.61 Å². The second-order valence-corrected chi connectivity index (χ2v) is 6.01. The molecule has 2 amide bonds. The first kappa shape index (κ1) is 17.5. The molecule has 0 aromatic heterocycles. The third kappa shape index (κ3) is 6.02. The van der Waals surface area contributed by atoms with Gasteiger partial charge in [-0.1, -0.05) is 30.3 Å². The Kier molecular flexibility index (Phi) is 7.07. The summed E-state index contributed by atoms with van der Waals surface area (Å²) in [5.41, 5.74) is 1.04. The van der Waals surface area contributed by atoms with Gasteiger partial charge in [0, 0.05) is 25.6 Å². The van der Waals surface area contributed by atoms with E-state index in [1.807, 2.05) is 35.2 Å². The van der Waals surface area contributed by atoms with Gasteiger partial charge in [-0.3, -0.25) is 9.59 Å². The average molecular weight is 318 g/mol. The van der Waals surface area contributed by atoms with Gasteiger partial charge in [-0.2, -0.15) is 0 Å². The van der Waals surface area contributed by atoms with Crippen LogP contribution in [0.25, 0.3) is 0 Å².